The van der Waals surface area contributed by atoms with Crippen molar-refractivity contribution >= 4 is 0 Å². The van der Waals surface area contributed by atoms with Crippen LogP contribution in [-0.4, -0.2) is 64.8 Å². The number of unbranched alkanes of at least 4 members (excludes halogenated alkanes) is 1. The van der Waals surface area contributed by atoms with E-state index in [4.69, 9.17) is 18.9 Å². The first kappa shape index (κ1) is 25.5. The van der Waals surface area contributed by atoms with Gasteiger partial charge >= 0.3 is 5.69 Å². The SMILES string of the molecule is Cc1cn([C@H]2C[C@@](O)(C3CCCCO3)[C@@H](COC3CCCCO3)O2)c(=O)n(CCCCF)c1=O. The summed E-state index contributed by atoms with van der Waals surface area (Å²) in [5.74, 6) is 0. The topological polar surface area (TPSA) is 101 Å². The Morgan fingerprint density at radius 1 is 1.15 bits per heavy atom. The van der Waals surface area contributed by atoms with Gasteiger partial charge < -0.3 is 24.1 Å². The minimum atomic E-state index is -1.34. The first-order valence-electron chi connectivity index (χ1n) is 12.5. The molecule has 0 bridgehead atoms. The highest BCUT2D eigenvalue weighted by molar-refractivity contribution is 5.07. The number of aromatic nitrogens is 2. The van der Waals surface area contributed by atoms with E-state index in [0.717, 1.165) is 36.7 Å². The van der Waals surface area contributed by atoms with E-state index in [0.29, 0.717) is 31.6 Å². The first-order chi connectivity index (χ1) is 16.4. The molecule has 5 atom stereocenters. The van der Waals surface area contributed by atoms with Gasteiger partial charge in [-0.05, 0) is 58.3 Å². The van der Waals surface area contributed by atoms with Gasteiger partial charge in [0.1, 0.15) is 17.9 Å². The molecule has 0 radical (unpaired) electrons. The molecule has 4 rings (SSSR count). The third kappa shape index (κ3) is 5.46. The van der Waals surface area contributed by atoms with E-state index >= 15 is 0 Å². The molecule has 3 aliphatic rings. The summed E-state index contributed by atoms with van der Waals surface area (Å²) in [6.45, 7) is 2.60. The molecule has 1 N–H and O–H groups in total. The summed E-state index contributed by atoms with van der Waals surface area (Å²) in [6, 6.07) is 0. The number of halogens is 1. The number of hydrogen-bond donors (Lipinski definition) is 1. The smallest absolute Gasteiger partial charge is 0.333 e. The van der Waals surface area contributed by atoms with Crippen LogP contribution in [0.5, 0.6) is 0 Å². The summed E-state index contributed by atoms with van der Waals surface area (Å²) in [7, 11) is 0. The molecule has 0 aliphatic carbocycles. The molecule has 1 aromatic heterocycles. The highest BCUT2D eigenvalue weighted by Gasteiger charge is 2.54. The van der Waals surface area contributed by atoms with Crippen LogP contribution in [-0.2, 0) is 25.5 Å². The molecule has 0 amide bonds. The van der Waals surface area contributed by atoms with Gasteiger partial charge in [-0.1, -0.05) is 0 Å². The van der Waals surface area contributed by atoms with E-state index in [1.54, 1.807) is 6.92 Å². The molecule has 0 aromatic carbocycles. The Morgan fingerprint density at radius 3 is 2.59 bits per heavy atom. The van der Waals surface area contributed by atoms with Crippen molar-refractivity contribution in [1.82, 2.24) is 9.13 Å². The number of rotatable bonds is 9. The van der Waals surface area contributed by atoms with Gasteiger partial charge in [-0.3, -0.25) is 18.3 Å². The zero-order valence-electron chi connectivity index (χ0n) is 20.0. The lowest BCUT2D eigenvalue weighted by molar-refractivity contribution is -0.210. The average molecular weight is 485 g/mol. The van der Waals surface area contributed by atoms with E-state index in [2.05, 4.69) is 0 Å². The predicted molar refractivity (Wildman–Crippen MR) is 122 cm³/mol. The molecule has 34 heavy (non-hydrogen) atoms. The van der Waals surface area contributed by atoms with Gasteiger partial charge in [0.15, 0.2) is 6.29 Å². The molecule has 0 spiro atoms. The van der Waals surface area contributed by atoms with E-state index < -0.39 is 42.0 Å². The summed E-state index contributed by atoms with van der Waals surface area (Å²) in [5.41, 5.74) is -1.87. The lowest BCUT2D eigenvalue weighted by atomic mass is 9.85. The third-order valence-corrected chi connectivity index (χ3v) is 7.13. The fourth-order valence-electron chi connectivity index (χ4n) is 5.15. The highest BCUT2D eigenvalue weighted by atomic mass is 19.1. The van der Waals surface area contributed by atoms with Gasteiger partial charge in [0.25, 0.3) is 5.56 Å². The Hall–Kier alpha value is -1.59. The van der Waals surface area contributed by atoms with Crippen LogP contribution in [0.3, 0.4) is 0 Å². The van der Waals surface area contributed by atoms with Crippen molar-refractivity contribution in [1.29, 1.82) is 0 Å². The normalized spacial score (nSPS) is 32.2. The monoisotopic (exact) mass is 484 g/mol. The van der Waals surface area contributed by atoms with E-state index in [1.807, 2.05) is 0 Å². The lowest BCUT2D eigenvalue weighted by Crippen LogP contribution is -2.53. The Bertz CT molecular complexity index is 923. The fourth-order valence-corrected chi connectivity index (χ4v) is 5.15. The second-order valence-electron chi connectivity index (χ2n) is 9.61. The van der Waals surface area contributed by atoms with Crippen LogP contribution in [0.2, 0.25) is 0 Å². The van der Waals surface area contributed by atoms with E-state index in [1.165, 1.54) is 10.8 Å². The van der Waals surface area contributed by atoms with Crippen LogP contribution >= 0.6 is 0 Å². The zero-order chi connectivity index (χ0) is 24.1. The number of nitrogens with zero attached hydrogens (tertiary/aromatic N) is 2. The van der Waals surface area contributed by atoms with Crippen molar-refractivity contribution in [2.45, 2.75) is 102 Å². The molecule has 0 saturated carbocycles. The molecule has 3 saturated heterocycles. The van der Waals surface area contributed by atoms with Gasteiger partial charge in [0.05, 0.1) is 19.4 Å². The van der Waals surface area contributed by atoms with E-state index in [-0.39, 0.29) is 32.3 Å². The van der Waals surface area contributed by atoms with Crippen LogP contribution in [0.4, 0.5) is 4.39 Å². The molecule has 2 unspecified atom stereocenters. The van der Waals surface area contributed by atoms with E-state index in [9.17, 15) is 19.1 Å². The second-order valence-corrected chi connectivity index (χ2v) is 9.61. The Labute approximate surface area is 198 Å². The summed E-state index contributed by atoms with van der Waals surface area (Å²) in [6.07, 6.45) is 5.41. The van der Waals surface area contributed by atoms with Crippen molar-refractivity contribution in [2.75, 3.05) is 26.5 Å². The Morgan fingerprint density at radius 2 is 1.91 bits per heavy atom. The van der Waals surface area contributed by atoms with Crippen molar-refractivity contribution in [2.24, 2.45) is 0 Å². The Kier molecular flexibility index (Phi) is 8.57. The molecular formula is C24H37FN2O7. The molecule has 192 valence electrons. The fraction of sp³-hybridized carbons (Fsp3) is 0.833. The Balaban J connectivity index is 1.58. The van der Waals surface area contributed by atoms with Crippen LogP contribution in [0.1, 0.15) is 69.6 Å². The third-order valence-electron chi connectivity index (χ3n) is 7.13. The van der Waals surface area contributed by atoms with Crippen molar-refractivity contribution in [3.05, 3.63) is 32.6 Å². The quantitative estimate of drug-likeness (QED) is 0.536. The summed E-state index contributed by atoms with van der Waals surface area (Å²) in [4.78, 5) is 25.8. The average Bonchev–Trinajstić information content (AvgIpc) is 3.20. The predicted octanol–water partition coefficient (Wildman–Crippen LogP) is 2.20. The molecule has 3 fully saturated rings. The van der Waals surface area contributed by atoms with Gasteiger partial charge in [0.2, 0.25) is 0 Å². The zero-order valence-corrected chi connectivity index (χ0v) is 20.0. The maximum absolute atomic E-state index is 13.2. The van der Waals surface area contributed by atoms with Gasteiger partial charge in [0, 0.05) is 37.9 Å². The van der Waals surface area contributed by atoms with Gasteiger partial charge in [-0.2, -0.15) is 0 Å². The summed E-state index contributed by atoms with van der Waals surface area (Å²) >= 11 is 0. The minimum Gasteiger partial charge on any atom is -0.384 e. The molecular weight excluding hydrogens is 447 g/mol. The largest absolute Gasteiger partial charge is 0.384 e. The van der Waals surface area contributed by atoms with Crippen LogP contribution in [0.15, 0.2) is 15.8 Å². The van der Waals surface area contributed by atoms with Crippen molar-refractivity contribution in [3.8, 4) is 0 Å². The highest BCUT2D eigenvalue weighted by Crippen LogP contribution is 2.42. The summed E-state index contributed by atoms with van der Waals surface area (Å²) < 4.78 is 38.9. The van der Waals surface area contributed by atoms with Gasteiger partial charge in [-0.25, -0.2) is 4.79 Å². The van der Waals surface area contributed by atoms with Crippen LogP contribution in [0.25, 0.3) is 0 Å². The molecule has 4 heterocycles. The number of hydrogen-bond acceptors (Lipinski definition) is 7. The standard InChI is InChI=1S/C24H37FN2O7/c1-17-15-27(23(29)26(22(17)28)11-5-4-10-25)20-14-24(30,18-8-2-6-12-31-18)19(34-20)16-33-21-9-3-7-13-32-21/h15,18-21,30H,2-14,16H2,1H3/t18?,19-,20-,21?,24-/m1/s1. The number of aliphatic hydroxyl groups is 1. The number of aryl methyl sites for hydroxylation is 1. The van der Waals surface area contributed by atoms with Crippen LogP contribution < -0.4 is 11.2 Å². The summed E-state index contributed by atoms with van der Waals surface area (Å²) in [5, 5.41) is 11.8. The number of alkyl halides is 1. The molecule has 9 nitrogen and oxygen atoms in total. The molecule has 3 aliphatic heterocycles. The maximum Gasteiger partial charge on any atom is 0.333 e. The minimum absolute atomic E-state index is 0.112. The second kappa shape index (κ2) is 11.4. The molecule has 10 heteroatoms. The first-order valence-corrected chi connectivity index (χ1v) is 12.5. The maximum atomic E-state index is 13.2. The number of ether oxygens (including phenoxy) is 4. The van der Waals surface area contributed by atoms with Crippen molar-refractivity contribution < 1.29 is 28.4 Å². The van der Waals surface area contributed by atoms with Gasteiger partial charge in [-0.15, -0.1) is 0 Å². The van der Waals surface area contributed by atoms with Crippen molar-refractivity contribution in [3.63, 3.8) is 0 Å². The van der Waals surface area contributed by atoms with Crippen LogP contribution in [0, 0.1) is 6.92 Å². The lowest BCUT2D eigenvalue weighted by Gasteiger charge is -2.38. The molecule has 1 aromatic rings.